The van der Waals surface area contributed by atoms with E-state index < -0.39 is 0 Å². The molecule has 0 bridgehead atoms. The third-order valence-corrected chi connectivity index (χ3v) is 5.85. The lowest BCUT2D eigenvalue weighted by molar-refractivity contribution is 0.130. The average Bonchev–Trinajstić information content (AvgIpc) is 3.13. The van der Waals surface area contributed by atoms with Crippen molar-refractivity contribution in [2.75, 3.05) is 19.6 Å². The van der Waals surface area contributed by atoms with Crippen LogP contribution < -0.4 is 5.32 Å². The van der Waals surface area contributed by atoms with Crippen LogP contribution in [0, 0.1) is 11.8 Å². The van der Waals surface area contributed by atoms with Crippen molar-refractivity contribution in [2.24, 2.45) is 11.8 Å². The van der Waals surface area contributed by atoms with Gasteiger partial charge in [0.2, 0.25) is 0 Å². The van der Waals surface area contributed by atoms with Gasteiger partial charge in [-0.3, -0.25) is 9.58 Å². The summed E-state index contributed by atoms with van der Waals surface area (Å²) < 4.78 is 2.17. The van der Waals surface area contributed by atoms with E-state index >= 15 is 0 Å². The number of nitrogens with zero attached hydrogens (tertiary/aromatic N) is 3. The summed E-state index contributed by atoms with van der Waals surface area (Å²) in [5.74, 6) is 1.61. The van der Waals surface area contributed by atoms with E-state index in [-0.39, 0.29) is 5.54 Å². The van der Waals surface area contributed by atoms with E-state index in [4.69, 9.17) is 5.10 Å². The van der Waals surface area contributed by atoms with Crippen molar-refractivity contribution in [3.05, 3.63) is 18.0 Å². The molecule has 2 aliphatic heterocycles. The lowest BCUT2D eigenvalue weighted by Crippen LogP contribution is -2.44. The zero-order valence-corrected chi connectivity index (χ0v) is 14.0. The minimum absolute atomic E-state index is 0.285. The van der Waals surface area contributed by atoms with Crippen molar-refractivity contribution in [2.45, 2.75) is 58.7 Å². The number of fused-ring (bicyclic) bond motifs is 1. The summed E-state index contributed by atoms with van der Waals surface area (Å²) in [5.41, 5.74) is 1.51. The van der Waals surface area contributed by atoms with Crippen LogP contribution in [0.25, 0.3) is 0 Å². The second-order valence-corrected chi connectivity index (χ2v) is 7.32. The first-order valence-electron chi connectivity index (χ1n) is 8.56. The Labute approximate surface area is 128 Å². The topological polar surface area (TPSA) is 33.1 Å². The van der Waals surface area contributed by atoms with E-state index in [9.17, 15) is 0 Å². The number of hydrogen-bond acceptors (Lipinski definition) is 3. The van der Waals surface area contributed by atoms with Crippen LogP contribution in [0.2, 0.25) is 0 Å². The smallest absolute Gasteiger partial charge is 0.0765 e. The van der Waals surface area contributed by atoms with Gasteiger partial charge in [0.25, 0.3) is 0 Å². The van der Waals surface area contributed by atoms with Crippen LogP contribution in [-0.4, -0.2) is 39.9 Å². The molecule has 4 heteroatoms. The fraction of sp³-hybridized carbons (Fsp3) is 0.824. The lowest BCUT2D eigenvalue weighted by atomic mass is 9.85. The van der Waals surface area contributed by atoms with Crippen LogP contribution in [0.15, 0.2) is 12.3 Å². The number of aromatic nitrogens is 2. The number of hydrogen-bond donors (Lipinski definition) is 1. The van der Waals surface area contributed by atoms with Gasteiger partial charge in [-0.15, -0.1) is 0 Å². The number of rotatable bonds is 5. The fourth-order valence-corrected chi connectivity index (χ4v) is 4.30. The SMILES string of the molecule is CCC(CC)n1ccc(CN2CC3CNCC3C2(C)C)n1. The van der Waals surface area contributed by atoms with Gasteiger partial charge in [-0.1, -0.05) is 13.8 Å². The van der Waals surface area contributed by atoms with E-state index in [2.05, 4.69) is 54.9 Å². The Hall–Kier alpha value is -0.870. The maximum Gasteiger partial charge on any atom is 0.0765 e. The number of nitrogens with one attached hydrogen (secondary N) is 1. The van der Waals surface area contributed by atoms with Crippen LogP contribution in [0.1, 0.15) is 52.3 Å². The van der Waals surface area contributed by atoms with Gasteiger partial charge in [-0.2, -0.15) is 5.10 Å². The van der Waals surface area contributed by atoms with Crippen molar-refractivity contribution in [1.29, 1.82) is 0 Å². The zero-order valence-electron chi connectivity index (χ0n) is 14.0. The van der Waals surface area contributed by atoms with Crippen molar-refractivity contribution in [3.63, 3.8) is 0 Å². The Balaban J connectivity index is 1.70. The monoisotopic (exact) mass is 290 g/mol. The predicted molar refractivity (Wildman–Crippen MR) is 86.2 cm³/mol. The highest BCUT2D eigenvalue weighted by molar-refractivity contribution is 5.08. The Kier molecular flexibility index (Phi) is 4.10. The Morgan fingerprint density at radius 3 is 2.76 bits per heavy atom. The molecule has 3 heterocycles. The second kappa shape index (κ2) is 5.73. The first-order chi connectivity index (χ1) is 10.1. The molecule has 1 aromatic rings. The highest BCUT2D eigenvalue weighted by atomic mass is 15.3. The molecular weight excluding hydrogens is 260 g/mol. The van der Waals surface area contributed by atoms with Crippen LogP contribution in [0.5, 0.6) is 0 Å². The van der Waals surface area contributed by atoms with Crippen LogP contribution in [-0.2, 0) is 6.54 Å². The molecule has 2 atom stereocenters. The normalized spacial score (nSPS) is 28.4. The molecular formula is C17H30N4. The summed E-state index contributed by atoms with van der Waals surface area (Å²) >= 11 is 0. The molecule has 0 spiro atoms. The molecule has 1 N–H and O–H groups in total. The minimum Gasteiger partial charge on any atom is -0.316 e. The van der Waals surface area contributed by atoms with Gasteiger partial charge < -0.3 is 5.32 Å². The first kappa shape index (κ1) is 15.0. The Bertz CT molecular complexity index is 475. The van der Waals surface area contributed by atoms with E-state index in [1.807, 2.05) is 0 Å². The third kappa shape index (κ3) is 2.64. The van der Waals surface area contributed by atoms with E-state index in [0.717, 1.165) is 31.2 Å². The standard InChI is InChI=1S/C17H30N4/c1-5-15(6-2)21-8-7-14(19-21)12-20-11-13-9-18-10-16(13)17(20,3)4/h7-8,13,15-16,18H,5-6,9-12H2,1-4H3. The molecule has 21 heavy (non-hydrogen) atoms. The zero-order chi connectivity index (χ0) is 15.0. The maximum absolute atomic E-state index is 4.83. The van der Waals surface area contributed by atoms with Crippen LogP contribution in [0.4, 0.5) is 0 Å². The molecule has 4 nitrogen and oxygen atoms in total. The van der Waals surface area contributed by atoms with Gasteiger partial charge in [0.05, 0.1) is 11.7 Å². The first-order valence-corrected chi connectivity index (χ1v) is 8.56. The summed E-state index contributed by atoms with van der Waals surface area (Å²) in [7, 11) is 0. The summed E-state index contributed by atoms with van der Waals surface area (Å²) in [6.07, 6.45) is 4.48. The molecule has 2 saturated heterocycles. The van der Waals surface area contributed by atoms with Crippen molar-refractivity contribution in [1.82, 2.24) is 20.0 Å². The molecule has 118 valence electrons. The predicted octanol–water partition coefficient (Wildman–Crippen LogP) is 2.67. The summed E-state index contributed by atoms with van der Waals surface area (Å²) in [5, 5.41) is 8.39. The minimum atomic E-state index is 0.285. The molecule has 2 fully saturated rings. The molecule has 0 radical (unpaired) electrons. The van der Waals surface area contributed by atoms with E-state index in [0.29, 0.717) is 6.04 Å². The van der Waals surface area contributed by atoms with Crippen molar-refractivity contribution < 1.29 is 0 Å². The fourth-order valence-electron chi connectivity index (χ4n) is 4.30. The molecule has 1 aromatic heterocycles. The summed E-state index contributed by atoms with van der Waals surface area (Å²) in [4.78, 5) is 2.64. The van der Waals surface area contributed by atoms with Gasteiger partial charge in [-0.25, -0.2) is 0 Å². The van der Waals surface area contributed by atoms with Gasteiger partial charge >= 0.3 is 0 Å². The molecule has 0 amide bonds. The molecule has 0 saturated carbocycles. The van der Waals surface area contributed by atoms with Crippen molar-refractivity contribution >= 4 is 0 Å². The molecule has 0 aliphatic carbocycles. The van der Waals surface area contributed by atoms with Crippen molar-refractivity contribution in [3.8, 4) is 0 Å². The van der Waals surface area contributed by atoms with Gasteiger partial charge in [0.15, 0.2) is 0 Å². The lowest BCUT2D eigenvalue weighted by Gasteiger charge is -2.35. The highest BCUT2D eigenvalue weighted by Gasteiger charge is 2.49. The maximum atomic E-state index is 4.83. The summed E-state index contributed by atoms with van der Waals surface area (Å²) in [6.45, 7) is 13.9. The van der Waals surface area contributed by atoms with Gasteiger partial charge in [0.1, 0.15) is 0 Å². The molecule has 2 unspecified atom stereocenters. The summed E-state index contributed by atoms with van der Waals surface area (Å²) in [6, 6.07) is 2.76. The largest absolute Gasteiger partial charge is 0.316 e. The van der Waals surface area contributed by atoms with Gasteiger partial charge in [0, 0.05) is 31.4 Å². The quantitative estimate of drug-likeness (QED) is 0.905. The second-order valence-electron chi connectivity index (χ2n) is 7.32. The third-order valence-electron chi connectivity index (χ3n) is 5.85. The van der Waals surface area contributed by atoms with E-state index in [1.165, 1.54) is 25.3 Å². The highest BCUT2D eigenvalue weighted by Crippen LogP contribution is 2.41. The Morgan fingerprint density at radius 1 is 1.33 bits per heavy atom. The number of likely N-dealkylation sites (tertiary alicyclic amines) is 1. The Morgan fingerprint density at radius 2 is 2.10 bits per heavy atom. The molecule has 3 rings (SSSR count). The average molecular weight is 290 g/mol. The molecule has 0 aromatic carbocycles. The van der Waals surface area contributed by atoms with Crippen LogP contribution >= 0.6 is 0 Å². The van der Waals surface area contributed by atoms with Gasteiger partial charge in [-0.05, 0) is 51.1 Å². The molecule has 2 aliphatic rings. The van der Waals surface area contributed by atoms with E-state index in [1.54, 1.807) is 0 Å². The van der Waals surface area contributed by atoms with Crippen LogP contribution in [0.3, 0.4) is 0 Å².